The van der Waals surface area contributed by atoms with E-state index in [2.05, 4.69) is 35.8 Å². The molecule has 5 aromatic rings. The first-order valence-corrected chi connectivity index (χ1v) is 8.71. The first kappa shape index (κ1) is 18.0. The Kier molecular flexibility index (Phi) is 3.88. The van der Waals surface area contributed by atoms with Gasteiger partial charge in [0.1, 0.15) is 11.4 Å². The highest BCUT2D eigenvalue weighted by molar-refractivity contribution is 5.68. The van der Waals surface area contributed by atoms with Crippen LogP contribution in [0, 0.1) is 0 Å². The molecule has 0 aliphatic rings. The van der Waals surface area contributed by atoms with Crippen LogP contribution in [0.2, 0.25) is 0 Å². The van der Waals surface area contributed by atoms with Gasteiger partial charge in [-0.1, -0.05) is 24.3 Å². The highest BCUT2D eigenvalue weighted by Gasteiger charge is 2.35. The third-order valence-electron chi connectivity index (χ3n) is 4.54. The van der Waals surface area contributed by atoms with E-state index in [4.69, 9.17) is 0 Å². The van der Waals surface area contributed by atoms with E-state index in [1.165, 1.54) is 7.05 Å². The van der Waals surface area contributed by atoms with Gasteiger partial charge in [-0.15, -0.1) is 10.2 Å². The first-order valence-electron chi connectivity index (χ1n) is 8.71. The van der Waals surface area contributed by atoms with Crippen molar-refractivity contribution in [3.63, 3.8) is 0 Å². The molecule has 0 aliphatic carbocycles. The van der Waals surface area contributed by atoms with Gasteiger partial charge in [0.2, 0.25) is 5.82 Å². The van der Waals surface area contributed by atoms with E-state index in [-0.39, 0.29) is 5.69 Å². The second-order valence-electron chi connectivity index (χ2n) is 6.50. The van der Waals surface area contributed by atoms with Crippen molar-refractivity contribution in [3.8, 4) is 34.0 Å². The number of fused-ring (bicyclic) bond motifs is 1. The minimum absolute atomic E-state index is 0.248. The predicted molar refractivity (Wildman–Crippen MR) is 98.8 cm³/mol. The van der Waals surface area contributed by atoms with Crippen LogP contribution in [0.25, 0.3) is 39.7 Å². The average molecular weight is 411 g/mol. The highest BCUT2D eigenvalue weighted by Crippen LogP contribution is 2.32. The molecule has 1 aromatic carbocycles. The maximum Gasteiger partial charge on any atom is 0.433 e. The summed E-state index contributed by atoms with van der Waals surface area (Å²) in [5.74, 6) is 0.366. The molecule has 0 saturated carbocycles. The fraction of sp³-hybridized carbons (Fsp3) is 0.111. The molecule has 12 heteroatoms. The summed E-state index contributed by atoms with van der Waals surface area (Å²) in [6.07, 6.45) is -2.71. The average Bonchev–Trinajstić information content (AvgIpc) is 3.46. The smallest absolute Gasteiger partial charge is 0.263 e. The highest BCUT2D eigenvalue weighted by atomic mass is 19.4. The van der Waals surface area contributed by atoms with Crippen molar-refractivity contribution in [2.45, 2.75) is 6.18 Å². The van der Waals surface area contributed by atoms with E-state index in [0.717, 1.165) is 16.3 Å². The van der Waals surface area contributed by atoms with Crippen LogP contribution in [0.4, 0.5) is 13.2 Å². The normalized spacial score (nSPS) is 12.0. The second-order valence-corrected chi connectivity index (χ2v) is 6.50. The van der Waals surface area contributed by atoms with E-state index in [1.54, 1.807) is 47.1 Å². The standard InChI is InChI=1S/C18H12F3N9/c1-29-15(18(19,20)21)8-13(25-29)10-2-4-11(5-3-10)14-9-30-16(22-14)7-6-12(26-30)17-23-27-28-24-17/h2-9H,1H3,(H,23,24,27,28). The van der Waals surface area contributed by atoms with Crippen molar-refractivity contribution >= 4 is 5.65 Å². The molecule has 0 amide bonds. The zero-order valence-electron chi connectivity index (χ0n) is 15.3. The monoisotopic (exact) mass is 411 g/mol. The van der Waals surface area contributed by atoms with E-state index < -0.39 is 11.9 Å². The van der Waals surface area contributed by atoms with Gasteiger partial charge in [0.25, 0.3) is 0 Å². The minimum Gasteiger partial charge on any atom is -0.263 e. The number of nitrogens with one attached hydrogen (secondary N) is 1. The number of halogens is 3. The lowest BCUT2D eigenvalue weighted by atomic mass is 10.1. The molecule has 0 unspecified atom stereocenters. The second kappa shape index (κ2) is 6.47. The molecule has 0 fully saturated rings. The zero-order chi connectivity index (χ0) is 20.9. The molecule has 9 nitrogen and oxygen atoms in total. The van der Waals surface area contributed by atoms with Gasteiger partial charge in [-0.2, -0.15) is 28.6 Å². The third-order valence-corrected chi connectivity index (χ3v) is 4.54. The largest absolute Gasteiger partial charge is 0.433 e. The number of tetrazole rings is 1. The number of aromatic amines is 1. The van der Waals surface area contributed by atoms with Crippen LogP contribution >= 0.6 is 0 Å². The van der Waals surface area contributed by atoms with E-state index >= 15 is 0 Å². The van der Waals surface area contributed by atoms with Gasteiger partial charge in [-0.25, -0.2) is 9.50 Å². The molecule has 0 radical (unpaired) electrons. The quantitative estimate of drug-likeness (QED) is 0.490. The number of imidazole rings is 1. The molecule has 30 heavy (non-hydrogen) atoms. The number of hydrogen-bond donors (Lipinski definition) is 1. The molecule has 0 spiro atoms. The number of alkyl halides is 3. The molecule has 5 rings (SSSR count). The Morgan fingerprint density at radius 3 is 2.27 bits per heavy atom. The molecule has 0 saturated heterocycles. The Balaban J connectivity index is 1.46. The number of nitrogens with zero attached hydrogens (tertiary/aromatic N) is 8. The molecule has 4 heterocycles. The summed E-state index contributed by atoms with van der Waals surface area (Å²) in [6, 6.07) is 11.5. The maximum atomic E-state index is 13.0. The summed E-state index contributed by atoms with van der Waals surface area (Å²) in [5, 5.41) is 22.1. The van der Waals surface area contributed by atoms with E-state index in [0.29, 0.717) is 28.4 Å². The van der Waals surface area contributed by atoms with Crippen LogP contribution in [-0.4, -0.2) is 45.0 Å². The van der Waals surface area contributed by atoms with Crippen molar-refractivity contribution in [2.24, 2.45) is 7.05 Å². The summed E-state index contributed by atoms with van der Waals surface area (Å²) in [7, 11) is 1.27. The van der Waals surface area contributed by atoms with Crippen molar-refractivity contribution < 1.29 is 13.2 Å². The predicted octanol–water partition coefficient (Wildman–Crippen LogP) is 3.00. The lowest BCUT2D eigenvalue weighted by Gasteiger charge is -2.04. The van der Waals surface area contributed by atoms with Gasteiger partial charge >= 0.3 is 6.18 Å². The van der Waals surface area contributed by atoms with Crippen molar-refractivity contribution in [3.05, 3.63) is 54.4 Å². The summed E-state index contributed by atoms with van der Waals surface area (Å²) in [5.41, 5.74) is 2.63. The van der Waals surface area contributed by atoms with Gasteiger partial charge in [0.05, 0.1) is 17.6 Å². The number of hydrogen-bond acceptors (Lipinski definition) is 6. The van der Waals surface area contributed by atoms with Crippen LogP contribution in [0.3, 0.4) is 0 Å². The summed E-state index contributed by atoms with van der Waals surface area (Å²) >= 11 is 0. The van der Waals surface area contributed by atoms with Crippen molar-refractivity contribution in [2.75, 3.05) is 0 Å². The third kappa shape index (κ3) is 3.07. The lowest BCUT2D eigenvalue weighted by molar-refractivity contribution is -0.143. The van der Waals surface area contributed by atoms with Gasteiger partial charge < -0.3 is 0 Å². The Morgan fingerprint density at radius 1 is 0.900 bits per heavy atom. The van der Waals surface area contributed by atoms with Crippen LogP contribution in [0.5, 0.6) is 0 Å². The number of benzene rings is 1. The fourth-order valence-electron chi connectivity index (χ4n) is 3.10. The Labute approximate surface area is 166 Å². The van der Waals surface area contributed by atoms with Gasteiger partial charge in [0.15, 0.2) is 5.65 Å². The van der Waals surface area contributed by atoms with Gasteiger partial charge in [-0.3, -0.25) is 4.68 Å². The molecule has 4 aromatic heterocycles. The van der Waals surface area contributed by atoms with Crippen LogP contribution < -0.4 is 0 Å². The van der Waals surface area contributed by atoms with Crippen molar-refractivity contribution in [1.29, 1.82) is 0 Å². The number of aryl methyl sites for hydroxylation is 1. The first-order chi connectivity index (χ1) is 14.4. The van der Waals surface area contributed by atoms with Gasteiger partial charge in [-0.05, 0) is 23.4 Å². The Morgan fingerprint density at radius 2 is 1.63 bits per heavy atom. The number of H-pyrrole nitrogens is 1. The van der Waals surface area contributed by atoms with E-state index in [9.17, 15) is 13.2 Å². The van der Waals surface area contributed by atoms with Crippen molar-refractivity contribution in [1.82, 2.24) is 45.0 Å². The summed E-state index contributed by atoms with van der Waals surface area (Å²) < 4.78 is 41.4. The fourth-order valence-corrected chi connectivity index (χ4v) is 3.10. The molecule has 0 aliphatic heterocycles. The molecular formula is C18H12F3N9. The maximum absolute atomic E-state index is 13.0. The summed E-state index contributed by atoms with van der Waals surface area (Å²) in [4.78, 5) is 4.53. The number of rotatable bonds is 3. The molecule has 1 N–H and O–H groups in total. The Bertz CT molecular complexity index is 1330. The molecular weight excluding hydrogens is 399 g/mol. The van der Waals surface area contributed by atoms with E-state index in [1.807, 2.05) is 0 Å². The lowest BCUT2D eigenvalue weighted by Crippen LogP contribution is -2.11. The number of aromatic nitrogens is 9. The molecule has 0 atom stereocenters. The zero-order valence-corrected chi connectivity index (χ0v) is 15.3. The minimum atomic E-state index is -4.45. The topological polar surface area (TPSA) is 102 Å². The Hall–Kier alpha value is -4.09. The van der Waals surface area contributed by atoms with Crippen LogP contribution in [-0.2, 0) is 13.2 Å². The SMILES string of the molecule is Cn1nc(-c2ccc(-c3cn4nc(-c5nn[nH]n5)ccc4n3)cc2)cc1C(F)(F)F. The van der Waals surface area contributed by atoms with Crippen LogP contribution in [0.15, 0.2) is 48.7 Å². The van der Waals surface area contributed by atoms with Gasteiger partial charge in [0, 0.05) is 18.2 Å². The molecule has 150 valence electrons. The summed E-state index contributed by atoms with van der Waals surface area (Å²) in [6.45, 7) is 0. The van der Waals surface area contributed by atoms with Crippen LogP contribution in [0.1, 0.15) is 5.69 Å². The molecule has 0 bridgehead atoms.